The van der Waals surface area contributed by atoms with Crippen molar-refractivity contribution in [2.45, 2.75) is 31.3 Å². The molecule has 110 valence electrons. The summed E-state index contributed by atoms with van der Waals surface area (Å²) >= 11 is 0. The summed E-state index contributed by atoms with van der Waals surface area (Å²) in [5.74, 6) is -0.0225. The number of aromatic nitrogens is 2. The fourth-order valence-corrected chi connectivity index (χ4v) is 3.18. The lowest BCUT2D eigenvalue weighted by Crippen LogP contribution is -2.51. The van der Waals surface area contributed by atoms with E-state index in [1.54, 1.807) is 11.1 Å². The van der Waals surface area contributed by atoms with Gasteiger partial charge < -0.3 is 19.9 Å². The van der Waals surface area contributed by atoms with Crippen LogP contribution in [0.4, 0.5) is 0 Å². The van der Waals surface area contributed by atoms with Crippen LogP contribution in [0.5, 0.6) is 0 Å². The summed E-state index contributed by atoms with van der Waals surface area (Å²) in [6.07, 6.45) is 6.85. The van der Waals surface area contributed by atoms with Crippen LogP contribution >= 0.6 is 0 Å². The Bertz CT molecular complexity index is 446. The van der Waals surface area contributed by atoms with Crippen LogP contribution in [0.3, 0.4) is 0 Å². The van der Waals surface area contributed by atoms with Crippen molar-refractivity contribution in [1.82, 2.24) is 19.8 Å². The molecule has 0 spiro atoms. The molecule has 0 aliphatic carbocycles. The fraction of sp³-hybridized carbons (Fsp3) is 0.714. The second-order valence-corrected chi connectivity index (χ2v) is 5.97. The van der Waals surface area contributed by atoms with Crippen molar-refractivity contribution >= 4 is 5.91 Å². The Morgan fingerprint density at radius 1 is 1.30 bits per heavy atom. The van der Waals surface area contributed by atoms with Gasteiger partial charge in [0, 0.05) is 19.6 Å². The van der Waals surface area contributed by atoms with Crippen molar-refractivity contribution in [1.29, 1.82) is 0 Å². The Kier molecular flexibility index (Phi) is 3.76. The highest BCUT2D eigenvalue weighted by Crippen LogP contribution is 2.25. The number of aliphatic hydroxyl groups is 1. The number of hydrogen-bond acceptors (Lipinski definition) is 4. The third kappa shape index (κ3) is 2.86. The molecule has 20 heavy (non-hydrogen) atoms. The van der Waals surface area contributed by atoms with E-state index >= 15 is 0 Å². The van der Waals surface area contributed by atoms with Crippen molar-refractivity contribution in [3.8, 4) is 0 Å². The molecule has 1 aromatic rings. The lowest BCUT2D eigenvalue weighted by molar-refractivity contribution is -0.0368. The van der Waals surface area contributed by atoms with Crippen LogP contribution in [0.15, 0.2) is 12.5 Å². The molecule has 0 radical (unpaired) electrons. The average molecular weight is 278 g/mol. The van der Waals surface area contributed by atoms with E-state index in [-0.39, 0.29) is 5.91 Å². The van der Waals surface area contributed by atoms with Crippen LogP contribution in [-0.4, -0.2) is 69.1 Å². The van der Waals surface area contributed by atoms with Gasteiger partial charge in [0.2, 0.25) is 0 Å². The van der Waals surface area contributed by atoms with Gasteiger partial charge in [-0.15, -0.1) is 0 Å². The van der Waals surface area contributed by atoms with E-state index in [9.17, 15) is 9.90 Å². The van der Waals surface area contributed by atoms with Crippen molar-refractivity contribution < 1.29 is 9.90 Å². The molecule has 6 heteroatoms. The molecule has 1 aromatic heterocycles. The smallest absolute Gasteiger partial charge is 0.271 e. The van der Waals surface area contributed by atoms with E-state index < -0.39 is 5.60 Å². The predicted octanol–water partition coefficient (Wildman–Crippen LogP) is 0.473. The summed E-state index contributed by atoms with van der Waals surface area (Å²) in [4.78, 5) is 23.0. The van der Waals surface area contributed by atoms with Gasteiger partial charge in [-0.05, 0) is 38.8 Å². The molecule has 3 rings (SSSR count). The molecule has 0 aromatic carbocycles. The Morgan fingerprint density at radius 3 is 2.60 bits per heavy atom. The van der Waals surface area contributed by atoms with Gasteiger partial charge in [0.05, 0.1) is 18.1 Å². The lowest BCUT2D eigenvalue weighted by atomic mass is 9.90. The molecule has 6 nitrogen and oxygen atoms in total. The first-order valence-corrected chi connectivity index (χ1v) is 7.39. The highest BCUT2D eigenvalue weighted by Gasteiger charge is 2.36. The van der Waals surface area contributed by atoms with Gasteiger partial charge >= 0.3 is 0 Å². The van der Waals surface area contributed by atoms with Crippen LogP contribution in [0.25, 0.3) is 0 Å². The van der Waals surface area contributed by atoms with E-state index in [0.717, 1.165) is 19.6 Å². The highest BCUT2D eigenvalue weighted by atomic mass is 16.3. The number of amides is 1. The first kappa shape index (κ1) is 13.6. The molecule has 2 saturated heterocycles. The topological polar surface area (TPSA) is 72.5 Å². The third-order valence-corrected chi connectivity index (χ3v) is 4.43. The number of hydrogen-bond donors (Lipinski definition) is 2. The molecule has 0 bridgehead atoms. The zero-order valence-corrected chi connectivity index (χ0v) is 11.7. The van der Waals surface area contributed by atoms with Crippen molar-refractivity contribution in [3.05, 3.63) is 18.2 Å². The summed E-state index contributed by atoms with van der Waals surface area (Å²) in [7, 11) is 0. The molecule has 2 N–H and O–H groups in total. The van der Waals surface area contributed by atoms with Gasteiger partial charge in [-0.25, -0.2) is 4.98 Å². The molecular formula is C14H22N4O2. The Balaban J connectivity index is 1.54. The summed E-state index contributed by atoms with van der Waals surface area (Å²) in [5, 5.41) is 10.7. The van der Waals surface area contributed by atoms with E-state index in [2.05, 4.69) is 14.9 Å². The Hall–Kier alpha value is -1.40. The van der Waals surface area contributed by atoms with Crippen molar-refractivity contribution in [3.63, 3.8) is 0 Å². The number of nitrogens with zero attached hydrogens (tertiary/aromatic N) is 3. The molecule has 2 aliphatic rings. The highest BCUT2D eigenvalue weighted by molar-refractivity contribution is 5.92. The number of nitrogens with one attached hydrogen (secondary N) is 1. The van der Waals surface area contributed by atoms with Gasteiger partial charge in [-0.2, -0.15) is 0 Å². The summed E-state index contributed by atoms with van der Waals surface area (Å²) < 4.78 is 0. The maximum atomic E-state index is 12.2. The number of rotatable bonds is 3. The predicted molar refractivity (Wildman–Crippen MR) is 74.3 cm³/mol. The van der Waals surface area contributed by atoms with Gasteiger partial charge in [-0.1, -0.05) is 0 Å². The van der Waals surface area contributed by atoms with Crippen molar-refractivity contribution in [2.24, 2.45) is 0 Å². The number of β-amino-alcohol motifs (C(OH)–C–C–N with tert-alkyl or cyclic N) is 1. The van der Waals surface area contributed by atoms with Crippen LogP contribution in [-0.2, 0) is 0 Å². The molecule has 1 amide bonds. The Morgan fingerprint density at radius 2 is 2.00 bits per heavy atom. The average Bonchev–Trinajstić information content (AvgIpc) is 3.11. The van der Waals surface area contributed by atoms with E-state index in [1.807, 2.05) is 0 Å². The van der Waals surface area contributed by atoms with Crippen LogP contribution in [0.2, 0.25) is 0 Å². The number of imidazole rings is 1. The zero-order chi connectivity index (χ0) is 14.0. The first-order chi connectivity index (χ1) is 9.66. The van der Waals surface area contributed by atoms with Crippen molar-refractivity contribution in [2.75, 3.05) is 32.7 Å². The number of carbonyl (C=O) groups excluding carboxylic acids is 1. The monoisotopic (exact) mass is 278 g/mol. The molecule has 2 aliphatic heterocycles. The maximum absolute atomic E-state index is 12.2. The minimum absolute atomic E-state index is 0.0225. The fourth-order valence-electron chi connectivity index (χ4n) is 3.18. The van der Waals surface area contributed by atoms with Gasteiger partial charge in [0.1, 0.15) is 5.69 Å². The standard InChI is InChI=1S/C14H22N4O2/c19-13(12-9-15-11-16-12)18-7-3-14(20,4-8-18)10-17-5-1-2-6-17/h9,11,20H,1-8,10H2,(H,15,16). The molecule has 2 fully saturated rings. The van der Waals surface area contributed by atoms with E-state index in [1.165, 1.54) is 19.2 Å². The SMILES string of the molecule is O=C(c1cnc[nH]1)N1CCC(O)(CN2CCCC2)CC1. The number of H-pyrrole nitrogens is 1. The van der Waals surface area contributed by atoms with E-state index in [0.29, 0.717) is 31.6 Å². The normalized spacial score (nSPS) is 23.1. The quantitative estimate of drug-likeness (QED) is 0.843. The van der Waals surface area contributed by atoms with E-state index in [4.69, 9.17) is 0 Å². The minimum Gasteiger partial charge on any atom is -0.388 e. The molecule has 0 saturated carbocycles. The second kappa shape index (κ2) is 5.54. The van der Waals surface area contributed by atoms with Gasteiger partial charge in [0.25, 0.3) is 5.91 Å². The van der Waals surface area contributed by atoms with Crippen LogP contribution < -0.4 is 0 Å². The van der Waals surface area contributed by atoms with Crippen LogP contribution in [0.1, 0.15) is 36.2 Å². The summed E-state index contributed by atoms with van der Waals surface area (Å²) in [6, 6.07) is 0. The summed E-state index contributed by atoms with van der Waals surface area (Å²) in [5.41, 5.74) is -0.107. The largest absolute Gasteiger partial charge is 0.388 e. The first-order valence-electron chi connectivity index (χ1n) is 7.39. The second-order valence-electron chi connectivity index (χ2n) is 5.97. The third-order valence-electron chi connectivity index (χ3n) is 4.43. The number of aromatic amines is 1. The minimum atomic E-state index is -0.630. The van der Waals surface area contributed by atoms with Gasteiger partial charge in [0.15, 0.2) is 0 Å². The van der Waals surface area contributed by atoms with Crippen LogP contribution in [0, 0.1) is 0 Å². The Labute approximate surface area is 118 Å². The zero-order valence-electron chi connectivity index (χ0n) is 11.7. The number of likely N-dealkylation sites (tertiary alicyclic amines) is 2. The summed E-state index contributed by atoms with van der Waals surface area (Å²) in [6.45, 7) is 4.17. The molecule has 3 heterocycles. The van der Waals surface area contributed by atoms with Gasteiger partial charge in [-0.3, -0.25) is 4.79 Å². The number of carbonyl (C=O) groups is 1. The number of piperidine rings is 1. The lowest BCUT2D eigenvalue weighted by Gasteiger charge is -2.40. The molecular weight excluding hydrogens is 256 g/mol. The molecule has 0 atom stereocenters. The maximum Gasteiger partial charge on any atom is 0.271 e. The molecule has 0 unspecified atom stereocenters.